The molecule has 3 heterocycles. The lowest BCUT2D eigenvalue weighted by Crippen LogP contribution is -2.61. The number of fused-ring (bicyclic) bond motifs is 5. The van der Waals surface area contributed by atoms with Gasteiger partial charge in [-0.1, -0.05) is 20.4 Å². The minimum atomic E-state index is -0.370. The fourth-order valence-corrected chi connectivity index (χ4v) is 12.4. The van der Waals surface area contributed by atoms with Crippen molar-refractivity contribution in [1.29, 1.82) is 0 Å². The summed E-state index contributed by atoms with van der Waals surface area (Å²) in [6.07, 6.45) is 14.3. The third-order valence-electron chi connectivity index (χ3n) is 14.4. The highest BCUT2D eigenvalue weighted by atomic mass is 16.7. The number of rotatable bonds is 5. The summed E-state index contributed by atoms with van der Waals surface area (Å²) in [5, 5.41) is 11.5. The molecule has 0 aromatic rings. The maximum atomic E-state index is 12.6. The summed E-state index contributed by atoms with van der Waals surface area (Å²) in [6, 6.07) is 0.614. The average Bonchev–Trinajstić information content (AvgIpc) is 3.69. The van der Waals surface area contributed by atoms with Gasteiger partial charge >= 0.3 is 5.97 Å². The van der Waals surface area contributed by atoms with Gasteiger partial charge in [0.2, 0.25) is 0 Å². The van der Waals surface area contributed by atoms with Crippen LogP contribution in [0.3, 0.4) is 0 Å². The molecule has 3 aliphatic heterocycles. The Morgan fingerprint density at radius 3 is 2.40 bits per heavy atom. The van der Waals surface area contributed by atoms with Crippen LogP contribution in [0.25, 0.3) is 0 Å². The number of hydrogen-bond donors (Lipinski definition) is 1. The van der Waals surface area contributed by atoms with Crippen molar-refractivity contribution in [2.24, 2.45) is 34.5 Å². The van der Waals surface area contributed by atoms with E-state index in [9.17, 15) is 9.90 Å². The number of aliphatic hydroxyl groups is 1. The van der Waals surface area contributed by atoms with E-state index in [1.54, 1.807) is 6.92 Å². The molecule has 7 nitrogen and oxygen atoms in total. The molecule has 1 N–H and O–H groups in total. The van der Waals surface area contributed by atoms with Crippen LogP contribution in [0.5, 0.6) is 0 Å². The van der Waals surface area contributed by atoms with Gasteiger partial charge in [0.15, 0.2) is 11.9 Å². The number of carbonyl (C=O) groups excluding carboxylic acids is 1. The lowest BCUT2D eigenvalue weighted by molar-refractivity contribution is -0.937. The summed E-state index contributed by atoms with van der Waals surface area (Å²) in [4.78, 5) is 15.1. The fraction of sp³-hybridized carbons (Fsp3) is 0.914. The molecule has 4 saturated carbocycles. The topological polar surface area (TPSA) is 68.2 Å². The van der Waals surface area contributed by atoms with Gasteiger partial charge in [-0.2, -0.15) is 0 Å². The predicted molar refractivity (Wildman–Crippen MR) is 161 cm³/mol. The first-order chi connectivity index (χ1) is 20.1. The van der Waals surface area contributed by atoms with E-state index in [1.807, 2.05) is 0 Å². The van der Waals surface area contributed by atoms with Crippen LogP contribution in [-0.2, 0) is 19.0 Å². The molecule has 7 rings (SSSR count). The highest BCUT2D eigenvalue weighted by Gasteiger charge is 2.67. The van der Waals surface area contributed by atoms with Crippen molar-refractivity contribution in [2.75, 3.05) is 45.9 Å². The number of piperidine rings is 1. The zero-order chi connectivity index (χ0) is 29.3. The number of quaternary nitrogens is 1. The van der Waals surface area contributed by atoms with Crippen molar-refractivity contribution in [1.82, 2.24) is 4.90 Å². The summed E-state index contributed by atoms with van der Waals surface area (Å²) in [7, 11) is 0. The van der Waals surface area contributed by atoms with Crippen LogP contribution < -0.4 is 0 Å². The Labute approximate surface area is 253 Å². The Morgan fingerprint density at radius 1 is 1.02 bits per heavy atom. The molecule has 0 amide bonds. The first-order valence-electron chi connectivity index (χ1n) is 17.5. The van der Waals surface area contributed by atoms with E-state index in [4.69, 9.17) is 14.2 Å². The summed E-state index contributed by atoms with van der Waals surface area (Å²) in [5.41, 5.74) is 0.297. The van der Waals surface area contributed by atoms with Gasteiger partial charge in [0.05, 0.1) is 39.0 Å². The monoisotopic (exact) mass is 585 g/mol. The number of likely N-dealkylation sites (tertiary alicyclic amines) is 2. The molecule has 7 heteroatoms. The molecular formula is C35H57N2O5+. The Bertz CT molecular complexity index is 1030. The first kappa shape index (κ1) is 29.7. The van der Waals surface area contributed by atoms with E-state index in [1.165, 1.54) is 51.6 Å². The molecule has 10 atom stereocenters. The molecule has 1 spiro atoms. The maximum Gasteiger partial charge on any atom is 0.303 e. The van der Waals surface area contributed by atoms with Gasteiger partial charge in [-0.15, -0.1) is 0 Å². The Balaban J connectivity index is 1.14. The number of esters is 1. The van der Waals surface area contributed by atoms with Crippen LogP contribution in [0.15, 0.2) is 12.7 Å². The summed E-state index contributed by atoms with van der Waals surface area (Å²) >= 11 is 0. The van der Waals surface area contributed by atoms with E-state index in [0.717, 1.165) is 56.2 Å². The number of aliphatic hydroxyl groups excluding tert-OH is 1. The molecule has 3 saturated heterocycles. The number of nitrogens with zero attached hydrogens (tertiary/aromatic N) is 2. The van der Waals surface area contributed by atoms with Gasteiger partial charge in [-0.3, -0.25) is 9.69 Å². The van der Waals surface area contributed by atoms with E-state index in [-0.39, 0.29) is 40.8 Å². The molecule has 0 aromatic heterocycles. The summed E-state index contributed by atoms with van der Waals surface area (Å²) < 4.78 is 19.5. The second-order valence-corrected chi connectivity index (χ2v) is 16.1. The molecular weight excluding hydrogens is 528 g/mol. The molecule has 0 unspecified atom stereocenters. The fourth-order valence-electron chi connectivity index (χ4n) is 12.4. The predicted octanol–water partition coefficient (Wildman–Crippen LogP) is 4.91. The zero-order valence-electron chi connectivity index (χ0n) is 26.6. The highest BCUT2D eigenvalue weighted by molar-refractivity contribution is 5.66. The van der Waals surface area contributed by atoms with Crippen LogP contribution in [0.2, 0.25) is 0 Å². The van der Waals surface area contributed by atoms with Crippen LogP contribution in [0, 0.1) is 34.5 Å². The number of hydrogen-bond acceptors (Lipinski definition) is 6. The van der Waals surface area contributed by atoms with E-state index in [2.05, 4.69) is 31.4 Å². The third-order valence-corrected chi connectivity index (χ3v) is 14.4. The molecule has 0 aromatic carbocycles. The van der Waals surface area contributed by atoms with Crippen LogP contribution in [0.4, 0.5) is 0 Å². The van der Waals surface area contributed by atoms with Gasteiger partial charge in [0, 0.05) is 63.6 Å². The normalized spacial score (nSPS) is 47.9. The lowest BCUT2D eigenvalue weighted by Gasteiger charge is -2.62. The van der Waals surface area contributed by atoms with Crippen molar-refractivity contribution in [3.63, 3.8) is 0 Å². The third kappa shape index (κ3) is 4.57. The van der Waals surface area contributed by atoms with Crippen molar-refractivity contribution in [2.45, 2.75) is 121 Å². The minimum Gasteiger partial charge on any atom is -0.456 e. The van der Waals surface area contributed by atoms with Crippen molar-refractivity contribution < 1.29 is 28.6 Å². The molecule has 236 valence electrons. The lowest BCUT2D eigenvalue weighted by atomic mass is 9.44. The van der Waals surface area contributed by atoms with Crippen molar-refractivity contribution in [3.05, 3.63) is 12.7 Å². The quantitative estimate of drug-likeness (QED) is 0.281. The number of ether oxygens (including phenoxy) is 3. The first-order valence-corrected chi connectivity index (χ1v) is 17.5. The standard InChI is InChI=1S/C35H57N2O5/c1-5-16-37(17-6-7-18-37)30-22-28-26-9-8-25-21-31(39)29(36-14-12-35(13-15-36)40-19-20-41-35)23-34(25,4)27(26)10-11-33(28,3)32(30)42-24(2)38/h5,25-32,39H,1,6-23H2,2-4H3/q+1/t25-,26+,27-,28-,29-,30-,31-,32-,33-,34-/m0/s1. The second kappa shape index (κ2) is 10.8. The molecule has 7 fully saturated rings. The molecule has 42 heavy (non-hydrogen) atoms. The zero-order valence-corrected chi connectivity index (χ0v) is 26.6. The van der Waals surface area contributed by atoms with Gasteiger partial charge < -0.3 is 23.8 Å². The molecule has 7 aliphatic rings. The van der Waals surface area contributed by atoms with Gasteiger partial charge in [-0.25, -0.2) is 0 Å². The average molecular weight is 586 g/mol. The maximum absolute atomic E-state index is 12.6. The van der Waals surface area contributed by atoms with Gasteiger partial charge in [0.25, 0.3) is 0 Å². The van der Waals surface area contributed by atoms with Crippen LogP contribution >= 0.6 is 0 Å². The van der Waals surface area contributed by atoms with E-state index < -0.39 is 0 Å². The van der Waals surface area contributed by atoms with E-state index >= 15 is 0 Å². The SMILES string of the molecule is C=CC[N+]1([C@H]2C[C@H]3[C@@H]4CC[C@H]5C[C@H](O)[C@@H](N6CCC7(CC6)OCCO7)C[C@]5(C)[C@H]4CC[C@]3(C)[C@H]2OC(C)=O)CCCC1. The van der Waals surface area contributed by atoms with Crippen molar-refractivity contribution >= 4 is 5.97 Å². The summed E-state index contributed by atoms with van der Waals surface area (Å²) in [6.45, 7) is 17.6. The smallest absolute Gasteiger partial charge is 0.303 e. The Hall–Kier alpha value is -0.990. The number of carbonyl (C=O) groups is 1. The van der Waals surface area contributed by atoms with Crippen LogP contribution in [0.1, 0.15) is 91.4 Å². The van der Waals surface area contributed by atoms with Gasteiger partial charge in [-0.05, 0) is 73.7 Å². The summed E-state index contributed by atoms with van der Waals surface area (Å²) in [5.74, 6) is 2.09. The largest absolute Gasteiger partial charge is 0.456 e. The van der Waals surface area contributed by atoms with Gasteiger partial charge in [0.1, 0.15) is 6.04 Å². The molecule has 0 bridgehead atoms. The van der Waals surface area contributed by atoms with Crippen LogP contribution in [-0.4, -0.2) is 96.5 Å². The highest BCUT2D eigenvalue weighted by Crippen LogP contribution is 2.67. The minimum absolute atomic E-state index is 0.00570. The van der Waals surface area contributed by atoms with E-state index in [0.29, 0.717) is 42.9 Å². The Kier molecular flexibility index (Phi) is 7.65. The van der Waals surface area contributed by atoms with Crippen molar-refractivity contribution in [3.8, 4) is 0 Å². The molecule has 0 radical (unpaired) electrons. The Morgan fingerprint density at radius 2 is 1.74 bits per heavy atom. The second-order valence-electron chi connectivity index (χ2n) is 16.1. The molecule has 4 aliphatic carbocycles.